The number of carbonyl (C=O) groups excluding carboxylic acids is 1. The van der Waals surface area contributed by atoms with Crippen molar-refractivity contribution in [3.8, 4) is 17.3 Å². The van der Waals surface area contributed by atoms with Gasteiger partial charge in [0.25, 0.3) is 5.91 Å². The number of ether oxygens (including phenoxy) is 1. The van der Waals surface area contributed by atoms with Crippen molar-refractivity contribution in [2.45, 2.75) is 6.54 Å². The molecule has 1 aromatic carbocycles. The number of aromatic nitrogens is 5. The molecule has 13 heteroatoms. The van der Waals surface area contributed by atoms with Crippen LogP contribution >= 0.6 is 0 Å². The van der Waals surface area contributed by atoms with Crippen molar-refractivity contribution in [2.24, 2.45) is 5.10 Å². The monoisotopic (exact) mass is 402 g/mol. The Morgan fingerprint density at radius 2 is 2.24 bits per heavy atom. The maximum absolute atomic E-state index is 12.6. The lowest BCUT2D eigenvalue weighted by molar-refractivity contribution is -0.873. The maximum atomic E-state index is 12.6. The maximum Gasteiger partial charge on any atom is 0.294 e. The Labute approximate surface area is 164 Å². The summed E-state index contributed by atoms with van der Waals surface area (Å²) < 4.78 is 10.9. The highest BCUT2D eigenvalue weighted by Gasteiger charge is 2.25. The first-order chi connectivity index (χ1) is 13.9. The molecule has 3 rings (SSSR count). The van der Waals surface area contributed by atoms with Gasteiger partial charge in [0.2, 0.25) is 11.6 Å². The Bertz CT molecular complexity index is 1040. The molecule has 0 saturated carbocycles. The van der Waals surface area contributed by atoms with Gasteiger partial charge in [-0.1, -0.05) is 5.21 Å². The number of nitrogens with two attached hydrogens (primary N) is 1. The van der Waals surface area contributed by atoms with E-state index in [1.165, 1.54) is 24.1 Å². The second-order valence-corrected chi connectivity index (χ2v) is 6.28. The van der Waals surface area contributed by atoms with E-state index in [4.69, 9.17) is 10.5 Å². The molecular weight excluding hydrogens is 382 g/mol. The van der Waals surface area contributed by atoms with E-state index in [1.807, 2.05) is 14.1 Å². The third-order valence-corrected chi connectivity index (χ3v) is 3.78. The van der Waals surface area contributed by atoms with Crippen molar-refractivity contribution in [1.29, 1.82) is 0 Å². The van der Waals surface area contributed by atoms with Gasteiger partial charge in [-0.3, -0.25) is 4.79 Å². The molecule has 5 N–H and O–H groups in total. The first kappa shape index (κ1) is 19.8. The van der Waals surface area contributed by atoms with E-state index in [0.29, 0.717) is 23.6 Å². The number of amides is 1. The fourth-order valence-electron chi connectivity index (χ4n) is 2.47. The Morgan fingerprint density at radius 1 is 1.45 bits per heavy atom. The molecule has 29 heavy (non-hydrogen) atoms. The number of rotatable bonds is 7. The molecule has 0 fully saturated rings. The fraction of sp³-hybridized carbons (Fsp3) is 0.250. The number of phenols is 1. The fourth-order valence-corrected chi connectivity index (χ4v) is 2.47. The molecule has 13 nitrogen and oxygen atoms in total. The summed E-state index contributed by atoms with van der Waals surface area (Å²) >= 11 is 0. The first-order valence-electron chi connectivity index (χ1n) is 8.43. The lowest BCUT2D eigenvalue weighted by Gasteiger charge is -2.08. The second-order valence-electron chi connectivity index (χ2n) is 6.28. The number of nitrogens with one attached hydrogen (secondary N) is 2. The van der Waals surface area contributed by atoms with Crippen molar-refractivity contribution in [2.75, 3.05) is 26.9 Å². The van der Waals surface area contributed by atoms with Gasteiger partial charge < -0.3 is 20.5 Å². The van der Waals surface area contributed by atoms with E-state index in [-0.39, 0.29) is 23.1 Å². The van der Waals surface area contributed by atoms with Gasteiger partial charge in [-0.05, 0) is 34.1 Å². The summed E-state index contributed by atoms with van der Waals surface area (Å²) in [6.07, 6.45) is 1.40. The van der Waals surface area contributed by atoms with Gasteiger partial charge in [0, 0.05) is 0 Å². The summed E-state index contributed by atoms with van der Waals surface area (Å²) in [5.74, 6) is -0.103. The van der Waals surface area contributed by atoms with Crippen LogP contribution in [0.1, 0.15) is 21.7 Å². The number of anilines is 1. The number of carbonyl (C=O) groups is 1. The van der Waals surface area contributed by atoms with Crippen molar-refractivity contribution in [3.63, 3.8) is 0 Å². The average molecular weight is 402 g/mol. The van der Waals surface area contributed by atoms with Crippen LogP contribution in [-0.2, 0) is 6.54 Å². The van der Waals surface area contributed by atoms with Crippen molar-refractivity contribution < 1.29 is 24.2 Å². The third kappa shape index (κ3) is 4.30. The predicted molar refractivity (Wildman–Crippen MR) is 99.9 cm³/mol. The standard InChI is InChI=1S/C16H19N9O4/c1-24(2)8-10-13(19-23-25(10)15-14(17)21-29-22-15)16(27)20-18-7-9-4-5-11(26)12(6-9)28-3/h4-7,26H,8H2,1-3H3,(H2,17,21)(H,20,27)/p+1/b18-7+. The lowest BCUT2D eigenvalue weighted by Crippen LogP contribution is -3.04. The minimum Gasteiger partial charge on any atom is -0.504 e. The summed E-state index contributed by atoms with van der Waals surface area (Å²) in [5, 5.41) is 28.6. The van der Waals surface area contributed by atoms with Crippen LogP contribution < -0.4 is 20.8 Å². The summed E-state index contributed by atoms with van der Waals surface area (Å²) in [6, 6.07) is 4.65. The molecule has 0 spiro atoms. The molecule has 0 aliphatic heterocycles. The Hall–Kier alpha value is -4.00. The van der Waals surface area contributed by atoms with Crippen LogP contribution in [0.4, 0.5) is 5.82 Å². The molecular formula is C16H20N9O4+. The highest BCUT2D eigenvalue weighted by atomic mass is 16.6. The third-order valence-electron chi connectivity index (χ3n) is 3.78. The Morgan fingerprint density at radius 3 is 2.90 bits per heavy atom. The van der Waals surface area contributed by atoms with Gasteiger partial charge >= 0.3 is 0 Å². The normalized spacial score (nSPS) is 11.3. The number of benzene rings is 1. The SMILES string of the molecule is COc1cc(/C=N/NC(=O)c2nnn(-c3nonc3N)c2C[NH+](C)C)ccc1O. The molecule has 0 atom stereocenters. The van der Waals surface area contributed by atoms with E-state index in [1.54, 1.807) is 12.1 Å². The average Bonchev–Trinajstić information content (AvgIpc) is 3.28. The largest absolute Gasteiger partial charge is 0.504 e. The number of nitrogens with zero attached hydrogens (tertiary/aromatic N) is 6. The zero-order valence-electron chi connectivity index (χ0n) is 15.9. The molecule has 0 aliphatic carbocycles. The van der Waals surface area contributed by atoms with Crippen LogP contribution in [-0.4, -0.2) is 63.7 Å². The quantitative estimate of drug-likeness (QED) is 0.267. The van der Waals surface area contributed by atoms with E-state index in [2.05, 4.69) is 35.8 Å². The van der Waals surface area contributed by atoms with Crippen LogP contribution in [0.2, 0.25) is 0 Å². The number of hydrogen-bond donors (Lipinski definition) is 4. The van der Waals surface area contributed by atoms with Crippen LogP contribution in [0.15, 0.2) is 27.9 Å². The summed E-state index contributed by atoms with van der Waals surface area (Å²) in [4.78, 5) is 13.6. The van der Waals surface area contributed by atoms with Crippen LogP contribution in [0, 0.1) is 0 Å². The molecule has 0 aliphatic rings. The minimum absolute atomic E-state index is 0.00254. The molecule has 0 bridgehead atoms. The van der Waals surface area contributed by atoms with Crippen LogP contribution in [0.25, 0.3) is 5.82 Å². The molecule has 2 heterocycles. The summed E-state index contributed by atoms with van der Waals surface area (Å²) in [7, 11) is 5.24. The zero-order valence-corrected chi connectivity index (χ0v) is 15.9. The summed E-state index contributed by atoms with van der Waals surface area (Å²) in [5.41, 5.74) is 9.26. The second kappa shape index (κ2) is 8.35. The number of phenolic OH excluding ortho intramolecular Hbond substituents is 1. The smallest absolute Gasteiger partial charge is 0.294 e. The molecule has 0 radical (unpaired) electrons. The minimum atomic E-state index is -0.565. The van der Waals surface area contributed by atoms with E-state index < -0.39 is 5.91 Å². The molecule has 3 aromatic rings. The van der Waals surface area contributed by atoms with Crippen molar-refractivity contribution in [1.82, 2.24) is 30.7 Å². The topological polar surface area (TPSA) is 171 Å². The molecule has 0 unspecified atom stereocenters. The highest BCUT2D eigenvalue weighted by molar-refractivity contribution is 5.94. The Balaban J connectivity index is 1.82. The van der Waals surface area contributed by atoms with E-state index in [9.17, 15) is 9.90 Å². The van der Waals surface area contributed by atoms with Crippen molar-refractivity contribution in [3.05, 3.63) is 35.2 Å². The number of methoxy groups -OCH3 is 1. The Kier molecular flexibility index (Phi) is 5.69. The number of quaternary nitrogens is 1. The van der Waals surface area contributed by atoms with Gasteiger partial charge in [0.1, 0.15) is 12.2 Å². The number of hydrazone groups is 1. The van der Waals surface area contributed by atoms with Crippen molar-refractivity contribution >= 4 is 17.9 Å². The number of aromatic hydroxyl groups is 1. The predicted octanol–water partition coefficient (Wildman–Crippen LogP) is -1.64. The summed E-state index contributed by atoms with van der Waals surface area (Å²) in [6.45, 7) is 0.404. The van der Waals surface area contributed by atoms with Gasteiger partial charge in [-0.2, -0.15) is 9.78 Å². The lowest BCUT2D eigenvalue weighted by atomic mass is 10.2. The van der Waals surface area contributed by atoms with Gasteiger partial charge in [0.15, 0.2) is 17.2 Å². The van der Waals surface area contributed by atoms with E-state index >= 15 is 0 Å². The zero-order chi connectivity index (χ0) is 21.0. The first-order valence-corrected chi connectivity index (χ1v) is 8.43. The van der Waals surface area contributed by atoms with Gasteiger partial charge in [0.05, 0.1) is 27.4 Å². The number of hydrogen-bond acceptors (Lipinski definition) is 10. The van der Waals surface area contributed by atoms with Crippen LogP contribution in [0.5, 0.6) is 11.5 Å². The molecule has 0 saturated heterocycles. The highest BCUT2D eigenvalue weighted by Crippen LogP contribution is 2.25. The van der Waals surface area contributed by atoms with Gasteiger partial charge in [-0.25, -0.2) is 10.1 Å². The molecule has 152 valence electrons. The van der Waals surface area contributed by atoms with E-state index in [0.717, 1.165) is 4.90 Å². The molecule has 1 amide bonds. The molecule has 2 aromatic heterocycles. The van der Waals surface area contributed by atoms with Gasteiger partial charge in [-0.15, -0.1) is 5.10 Å². The van der Waals surface area contributed by atoms with Crippen LogP contribution in [0.3, 0.4) is 0 Å². The number of nitrogen functional groups attached to an aromatic ring is 1.